The molecule has 0 radical (unpaired) electrons. The monoisotopic (exact) mass is 349 g/mol. The molecule has 2 aliphatic rings. The third-order valence-corrected chi connectivity index (χ3v) is 7.48. The lowest BCUT2D eigenvalue weighted by Crippen LogP contribution is -2.55. The van der Waals surface area contributed by atoms with Crippen LogP contribution in [0.4, 0.5) is 0 Å². The van der Waals surface area contributed by atoms with E-state index in [4.69, 9.17) is 17.3 Å². The van der Waals surface area contributed by atoms with Gasteiger partial charge in [0.1, 0.15) is 4.21 Å². The Morgan fingerprint density at radius 3 is 2.33 bits per heavy atom. The molecule has 0 spiro atoms. The van der Waals surface area contributed by atoms with E-state index >= 15 is 0 Å². The Kier molecular flexibility index (Phi) is 3.77. The van der Waals surface area contributed by atoms with Crippen molar-refractivity contribution in [3.05, 3.63) is 16.5 Å². The predicted molar refractivity (Wildman–Crippen MR) is 80.8 cm³/mol. The molecule has 1 aliphatic carbocycles. The molecule has 0 unspecified atom stereocenters. The third kappa shape index (κ3) is 2.83. The van der Waals surface area contributed by atoms with Crippen LogP contribution in [0.3, 0.4) is 0 Å². The fraction of sp³-hybridized carbons (Fsp3) is 0.583. The molecule has 2 N–H and O–H groups in total. The Morgan fingerprint density at radius 1 is 1.24 bits per heavy atom. The highest BCUT2D eigenvalue weighted by Gasteiger charge is 2.48. The Labute approximate surface area is 132 Å². The molecular weight excluding hydrogens is 334 g/mol. The summed E-state index contributed by atoms with van der Waals surface area (Å²) in [5, 5.41) is 0. The minimum atomic E-state index is -3.51. The molecule has 0 bridgehead atoms. The summed E-state index contributed by atoms with van der Waals surface area (Å²) in [5.74, 6) is -0.0567. The van der Waals surface area contributed by atoms with Crippen LogP contribution in [-0.2, 0) is 14.8 Å². The van der Waals surface area contributed by atoms with E-state index in [1.807, 2.05) is 0 Å². The van der Waals surface area contributed by atoms with Gasteiger partial charge in [0.15, 0.2) is 0 Å². The van der Waals surface area contributed by atoms with E-state index in [0.717, 1.165) is 24.2 Å². The fourth-order valence-electron chi connectivity index (χ4n) is 2.36. The molecule has 1 aromatic rings. The van der Waals surface area contributed by atoms with Gasteiger partial charge in [0.25, 0.3) is 10.0 Å². The number of thiophene rings is 1. The SMILES string of the molecule is NC1(C(=O)N2CCN(S(=O)(=O)c3ccc(Cl)s3)CC2)CC1. The minimum absolute atomic E-state index is 0.0567. The predicted octanol–water partition coefficient (Wildman–Crippen LogP) is 0.726. The minimum Gasteiger partial charge on any atom is -0.338 e. The van der Waals surface area contributed by atoms with E-state index in [-0.39, 0.29) is 10.1 Å². The van der Waals surface area contributed by atoms with Gasteiger partial charge in [0.05, 0.1) is 9.88 Å². The standard InChI is InChI=1S/C12H16ClN3O3S2/c13-9-1-2-10(20-9)21(18,19)16-7-5-15(6-8-16)11(17)12(14)3-4-12/h1-2H,3-8,14H2. The van der Waals surface area contributed by atoms with Crippen LogP contribution < -0.4 is 5.73 Å². The summed E-state index contributed by atoms with van der Waals surface area (Å²) in [4.78, 5) is 13.8. The van der Waals surface area contributed by atoms with Gasteiger partial charge in [-0.15, -0.1) is 11.3 Å². The van der Waals surface area contributed by atoms with Crippen LogP contribution in [0.5, 0.6) is 0 Å². The summed E-state index contributed by atoms with van der Waals surface area (Å²) < 4.78 is 27.0. The van der Waals surface area contributed by atoms with Crippen LogP contribution in [0.2, 0.25) is 4.34 Å². The Balaban J connectivity index is 1.67. The number of carbonyl (C=O) groups is 1. The lowest BCUT2D eigenvalue weighted by atomic mass is 10.2. The van der Waals surface area contributed by atoms with Crippen LogP contribution in [-0.4, -0.2) is 55.2 Å². The third-order valence-electron chi connectivity index (χ3n) is 3.88. The van der Waals surface area contributed by atoms with Gasteiger partial charge in [0, 0.05) is 26.2 Å². The summed E-state index contributed by atoms with van der Waals surface area (Å²) in [5.41, 5.74) is 5.21. The maximum absolute atomic E-state index is 12.4. The number of hydrogen-bond donors (Lipinski definition) is 1. The van der Waals surface area contributed by atoms with E-state index in [0.29, 0.717) is 30.5 Å². The molecule has 0 aromatic carbocycles. The number of nitrogens with two attached hydrogens (primary N) is 1. The second kappa shape index (κ2) is 5.20. The molecule has 3 rings (SSSR count). The second-order valence-corrected chi connectivity index (χ2v) is 9.29. The smallest absolute Gasteiger partial charge is 0.252 e. The fourth-order valence-corrected chi connectivity index (χ4v) is 5.42. The van der Waals surface area contributed by atoms with Gasteiger partial charge in [-0.25, -0.2) is 8.42 Å². The van der Waals surface area contributed by atoms with Crippen molar-refractivity contribution in [3.8, 4) is 0 Å². The van der Waals surface area contributed by atoms with E-state index in [1.54, 1.807) is 11.0 Å². The van der Waals surface area contributed by atoms with Gasteiger partial charge < -0.3 is 10.6 Å². The van der Waals surface area contributed by atoms with E-state index in [1.165, 1.54) is 10.4 Å². The van der Waals surface area contributed by atoms with Crippen molar-refractivity contribution in [1.82, 2.24) is 9.21 Å². The molecule has 1 amide bonds. The van der Waals surface area contributed by atoms with Crippen molar-refractivity contribution < 1.29 is 13.2 Å². The number of piperazine rings is 1. The largest absolute Gasteiger partial charge is 0.338 e. The first-order valence-electron chi connectivity index (χ1n) is 6.67. The van der Waals surface area contributed by atoms with Gasteiger partial charge in [-0.3, -0.25) is 4.79 Å². The quantitative estimate of drug-likeness (QED) is 0.871. The molecule has 116 valence electrons. The van der Waals surface area contributed by atoms with Crippen molar-refractivity contribution in [3.63, 3.8) is 0 Å². The second-order valence-electron chi connectivity index (χ2n) is 5.41. The Hall–Kier alpha value is -0.670. The molecule has 1 saturated heterocycles. The Bertz CT molecular complexity index is 661. The number of rotatable bonds is 3. The van der Waals surface area contributed by atoms with Crippen LogP contribution in [0.15, 0.2) is 16.3 Å². The van der Waals surface area contributed by atoms with E-state index in [9.17, 15) is 13.2 Å². The lowest BCUT2D eigenvalue weighted by molar-refractivity contribution is -0.134. The van der Waals surface area contributed by atoms with Crippen LogP contribution in [0.1, 0.15) is 12.8 Å². The summed E-state index contributed by atoms with van der Waals surface area (Å²) >= 11 is 6.84. The molecule has 1 saturated carbocycles. The highest BCUT2D eigenvalue weighted by atomic mass is 35.5. The number of hydrogen-bond acceptors (Lipinski definition) is 5. The number of nitrogens with zero attached hydrogens (tertiary/aromatic N) is 2. The molecule has 9 heteroatoms. The van der Waals surface area contributed by atoms with Gasteiger partial charge in [-0.2, -0.15) is 4.31 Å². The summed E-state index contributed by atoms with van der Waals surface area (Å²) in [7, 11) is -3.51. The molecule has 1 aromatic heterocycles. The molecule has 2 fully saturated rings. The van der Waals surface area contributed by atoms with Crippen molar-refractivity contribution in [2.75, 3.05) is 26.2 Å². The summed E-state index contributed by atoms with van der Waals surface area (Å²) in [6.45, 7) is 1.35. The van der Waals surface area contributed by atoms with Crippen LogP contribution >= 0.6 is 22.9 Å². The van der Waals surface area contributed by atoms with Gasteiger partial charge >= 0.3 is 0 Å². The lowest BCUT2D eigenvalue weighted by Gasteiger charge is -2.35. The zero-order valence-corrected chi connectivity index (χ0v) is 13.7. The first-order chi connectivity index (χ1) is 9.83. The van der Waals surface area contributed by atoms with Crippen LogP contribution in [0.25, 0.3) is 0 Å². The van der Waals surface area contributed by atoms with Crippen molar-refractivity contribution in [2.45, 2.75) is 22.6 Å². The zero-order chi connectivity index (χ0) is 15.3. The maximum atomic E-state index is 12.4. The topological polar surface area (TPSA) is 83.7 Å². The first-order valence-corrected chi connectivity index (χ1v) is 9.30. The average molecular weight is 350 g/mol. The summed E-state index contributed by atoms with van der Waals surface area (Å²) in [6, 6.07) is 3.09. The highest BCUT2D eigenvalue weighted by Crippen LogP contribution is 2.35. The number of carbonyl (C=O) groups excluding carboxylic acids is 1. The van der Waals surface area contributed by atoms with Gasteiger partial charge in [-0.1, -0.05) is 11.6 Å². The summed E-state index contributed by atoms with van der Waals surface area (Å²) in [6.07, 6.45) is 1.44. The Morgan fingerprint density at radius 2 is 1.86 bits per heavy atom. The molecule has 6 nitrogen and oxygen atoms in total. The first kappa shape index (κ1) is 15.2. The van der Waals surface area contributed by atoms with Crippen molar-refractivity contribution in [1.29, 1.82) is 0 Å². The molecule has 0 atom stereocenters. The normalized spacial score (nSPS) is 22.3. The molecule has 2 heterocycles. The van der Waals surface area contributed by atoms with E-state index in [2.05, 4.69) is 0 Å². The average Bonchev–Trinajstić information content (AvgIpc) is 3.06. The van der Waals surface area contributed by atoms with Crippen molar-refractivity contribution >= 4 is 38.9 Å². The molecule has 21 heavy (non-hydrogen) atoms. The highest BCUT2D eigenvalue weighted by molar-refractivity contribution is 7.91. The van der Waals surface area contributed by atoms with Gasteiger partial charge in [-0.05, 0) is 25.0 Å². The number of halogens is 1. The molecular formula is C12H16ClN3O3S2. The van der Waals surface area contributed by atoms with Crippen molar-refractivity contribution in [2.24, 2.45) is 5.73 Å². The van der Waals surface area contributed by atoms with E-state index < -0.39 is 15.6 Å². The van der Waals surface area contributed by atoms with Crippen LogP contribution in [0, 0.1) is 0 Å². The maximum Gasteiger partial charge on any atom is 0.252 e. The zero-order valence-electron chi connectivity index (χ0n) is 11.3. The molecule has 1 aliphatic heterocycles. The number of sulfonamides is 1. The van der Waals surface area contributed by atoms with Gasteiger partial charge in [0.2, 0.25) is 5.91 Å². The number of amides is 1.